The van der Waals surface area contributed by atoms with Gasteiger partial charge in [-0.3, -0.25) is 14.4 Å². The van der Waals surface area contributed by atoms with E-state index in [1.807, 2.05) is 6.07 Å². The molecule has 8 heteroatoms. The molecule has 3 amide bonds. The highest BCUT2D eigenvalue weighted by Gasteiger charge is 2.35. The normalized spacial score (nSPS) is 19.6. The predicted octanol–water partition coefficient (Wildman–Crippen LogP) is 2.51. The molecule has 0 radical (unpaired) electrons. The van der Waals surface area contributed by atoms with Crippen molar-refractivity contribution in [1.82, 2.24) is 9.88 Å². The zero-order chi connectivity index (χ0) is 18.8. The molecule has 3 heterocycles. The van der Waals surface area contributed by atoms with E-state index in [0.29, 0.717) is 36.6 Å². The number of anilines is 2. The summed E-state index contributed by atoms with van der Waals surface area (Å²) >= 11 is 1.35. The van der Waals surface area contributed by atoms with Crippen molar-refractivity contribution in [2.45, 2.75) is 31.7 Å². The summed E-state index contributed by atoms with van der Waals surface area (Å²) in [5.74, 6) is -0.302. The maximum Gasteiger partial charge on any atom is 0.254 e. The Morgan fingerprint density at radius 3 is 2.85 bits per heavy atom. The highest BCUT2D eigenvalue weighted by molar-refractivity contribution is 7.13. The first-order chi connectivity index (χ1) is 13.1. The standard InChI is InChI=1S/C19H20N4O3S/c24-16-7-3-9-22(16)14-5-1-4-13(12-14)18(26)23-10-2-6-15(23)17(25)21-19-20-8-11-27-19/h1,4-5,8,11-12,15H,2-3,6-7,9-10H2,(H,20,21,25). The van der Waals surface area contributed by atoms with Gasteiger partial charge < -0.3 is 15.1 Å². The van der Waals surface area contributed by atoms with Crippen LogP contribution < -0.4 is 10.2 Å². The van der Waals surface area contributed by atoms with Gasteiger partial charge in [0.1, 0.15) is 6.04 Å². The van der Waals surface area contributed by atoms with Crippen LogP contribution in [-0.4, -0.2) is 46.7 Å². The lowest BCUT2D eigenvalue weighted by Crippen LogP contribution is -2.43. The van der Waals surface area contributed by atoms with Gasteiger partial charge in [-0.2, -0.15) is 0 Å². The molecule has 0 saturated carbocycles. The van der Waals surface area contributed by atoms with Gasteiger partial charge in [0.25, 0.3) is 5.91 Å². The van der Waals surface area contributed by atoms with E-state index in [1.54, 1.807) is 39.6 Å². The van der Waals surface area contributed by atoms with Crippen LogP contribution in [0.25, 0.3) is 0 Å². The lowest BCUT2D eigenvalue weighted by Gasteiger charge is -2.24. The summed E-state index contributed by atoms with van der Waals surface area (Å²) < 4.78 is 0. The molecule has 27 heavy (non-hydrogen) atoms. The van der Waals surface area contributed by atoms with Crippen molar-refractivity contribution in [2.75, 3.05) is 23.3 Å². The van der Waals surface area contributed by atoms with Crippen LogP contribution in [0.1, 0.15) is 36.0 Å². The van der Waals surface area contributed by atoms with Crippen LogP contribution in [0.2, 0.25) is 0 Å². The highest BCUT2D eigenvalue weighted by atomic mass is 32.1. The monoisotopic (exact) mass is 384 g/mol. The molecule has 1 N–H and O–H groups in total. The Hall–Kier alpha value is -2.74. The average molecular weight is 384 g/mol. The minimum absolute atomic E-state index is 0.0847. The smallest absolute Gasteiger partial charge is 0.254 e. The van der Waals surface area contributed by atoms with Crippen LogP contribution >= 0.6 is 11.3 Å². The van der Waals surface area contributed by atoms with Crippen molar-refractivity contribution in [1.29, 1.82) is 0 Å². The minimum atomic E-state index is -0.501. The lowest BCUT2D eigenvalue weighted by atomic mass is 10.1. The average Bonchev–Trinajstić information content (AvgIpc) is 3.42. The van der Waals surface area contributed by atoms with Gasteiger partial charge in [0, 0.05) is 42.3 Å². The molecule has 1 atom stereocenters. The number of benzene rings is 1. The molecule has 4 rings (SSSR count). The van der Waals surface area contributed by atoms with Gasteiger partial charge in [-0.15, -0.1) is 11.3 Å². The van der Waals surface area contributed by atoms with Crippen molar-refractivity contribution >= 4 is 39.9 Å². The topological polar surface area (TPSA) is 82.6 Å². The molecule has 1 unspecified atom stereocenters. The number of nitrogens with zero attached hydrogens (tertiary/aromatic N) is 3. The number of rotatable bonds is 4. The quantitative estimate of drug-likeness (QED) is 0.878. The van der Waals surface area contributed by atoms with Gasteiger partial charge in [0.2, 0.25) is 11.8 Å². The molecule has 2 saturated heterocycles. The Kier molecular flexibility index (Phi) is 4.89. The predicted molar refractivity (Wildman–Crippen MR) is 103 cm³/mol. The number of hydrogen-bond donors (Lipinski definition) is 1. The van der Waals surface area contributed by atoms with E-state index in [1.165, 1.54) is 11.3 Å². The fourth-order valence-electron chi connectivity index (χ4n) is 3.65. The number of nitrogens with one attached hydrogen (secondary N) is 1. The third-order valence-electron chi connectivity index (χ3n) is 4.96. The fraction of sp³-hybridized carbons (Fsp3) is 0.368. The summed E-state index contributed by atoms with van der Waals surface area (Å²) in [6.45, 7) is 1.22. The largest absolute Gasteiger partial charge is 0.327 e. The van der Waals surface area contributed by atoms with Gasteiger partial charge in [-0.05, 0) is 37.5 Å². The van der Waals surface area contributed by atoms with E-state index in [-0.39, 0.29) is 17.7 Å². The zero-order valence-electron chi connectivity index (χ0n) is 14.8. The van der Waals surface area contributed by atoms with Crippen molar-refractivity contribution in [3.63, 3.8) is 0 Å². The summed E-state index contributed by atoms with van der Waals surface area (Å²) in [5, 5.41) is 5.11. The number of hydrogen-bond acceptors (Lipinski definition) is 5. The number of carbonyl (C=O) groups is 3. The van der Waals surface area contributed by atoms with Crippen LogP contribution in [-0.2, 0) is 9.59 Å². The second-order valence-electron chi connectivity index (χ2n) is 6.68. The van der Waals surface area contributed by atoms with Gasteiger partial charge in [-0.1, -0.05) is 6.07 Å². The first-order valence-electron chi connectivity index (χ1n) is 9.05. The second-order valence-corrected chi connectivity index (χ2v) is 7.58. The van der Waals surface area contributed by atoms with E-state index in [9.17, 15) is 14.4 Å². The molecule has 0 spiro atoms. The highest BCUT2D eigenvalue weighted by Crippen LogP contribution is 2.26. The number of likely N-dealkylation sites (tertiary alicyclic amines) is 1. The SMILES string of the molecule is O=C(Nc1nccs1)C1CCCN1C(=O)c1cccc(N2CCCC2=O)c1. The molecule has 0 bridgehead atoms. The molecule has 140 valence electrons. The van der Waals surface area contributed by atoms with Crippen LogP contribution in [0, 0.1) is 0 Å². The summed E-state index contributed by atoms with van der Waals surface area (Å²) in [6, 6.07) is 6.62. The molecular weight excluding hydrogens is 364 g/mol. The van der Waals surface area contributed by atoms with Crippen molar-refractivity contribution in [3.8, 4) is 0 Å². The van der Waals surface area contributed by atoms with Crippen molar-refractivity contribution in [2.24, 2.45) is 0 Å². The number of amides is 3. The molecule has 7 nitrogen and oxygen atoms in total. The zero-order valence-corrected chi connectivity index (χ0v) is 15.6. The number of thiazole rings is 1. The molecule has 2 aliphatic heterocycles. The third-order valence-corrected chi connectivity index (χ3v) is 5.65. The maximum atomic E-state index is 13.0. The van der Waals surface area contributed by atoms with E-state index in [2.05, 4.69) is 10.3 Å². The first-order valence-corrected chi connectivity index (χ1v) is 9.93. The molecule has 2 fully saturated rings. The Morgan fingerprint density at radius 2 is 2.11 bits per heavy atom. The summed E-state index contributed by atoms with van der Waals surface area (Å²) in [4.78, 5) is 45.0. The second kappa shape index (κ2) is 7.48. The van der Waals surface area contributed by atoms with Crippen LogP contribution in [0.3, 0.4) is 0 Å². The number of carbonyl (C=O) groups excluding carboxylic acids is 3. The van der Waals surface area contributed by atoms with E-state index >= 15 is 0 Å². The molecule has 0 aliphatic carbocycles. The minimum Gasteiger partial charge on any atom is -0.327 e. The Morgan fingerprint density at radius 1 is 1.22 bits per heavy atom. The van der Waals surface area contributed by atoms with E-state index in [4.69, 9.17) is 0 Å². The van der Waals surface area contributed by atoms with Crippen LogP contribution in [0.15, 0.2) is 35.8 Å². The van der Waals surface area contributed by atoms with E-state index in [0.717, 1.165) is 18.5 Å². The molecular formula is C19H20N4O3S. The van der Waals surface area contributed by atoms with Gasteiger partial charge >= 0.3 is 0 Å². The Balaban J connectivity index is 1.51. The van der Waals surface area contributed by atoms with Gasteiger partial charge in [-0.25, -0.2) is 4.98 Å². The summed E-state index contributed by atoms with van der Waals surface area (Å²) in [5.41, 5.74) is 1.24. The summed E-state index contributed by atoms with van der Waals surface area (Å²) in [7, 11) is 0. The fourth-order valence-corrected chi connectivity index (χ4v) is 4.18. The van der Waals surface area contributed by atoms with E-state index < -0.39 is 6.04 Å². The number of aromatic nitrogens is 1. The van der Waals surface area contributed by atoms with Gasteiger partial charge in [0.05, 0.1) is 0 Å². The lowest BCUT2D eigenvalue weighted by molar-refractivity contribution is -0.119. The Labute approximate surface area is 161 Å². The molecule has 1 aromatic carbocycles. The molecule has 2 aromatic rings. The van der Waals surface area contributed by atoms with Crippen LogP contribution in [0.4, 0.5) is 10.8 Å². The Bertz CT molecular complexity index is 868. The van der Waals surface area contributed by atoms with Crippen LogP contribution in [0.5, 0.6) is 0 Å². The van der Waals surface area contributed by atoms with Crippen molar-refractivity contribution in [3.05, 3.63) is 41.4 Å². The van der Waals surface area contributed by atoms with Crippen molar-refractivity contribution < 1.29 is 14.4 Å². The summed E-state index contributed by atoms with van der Waals surface area (Å²) in [6.07, 6.45) is 4.42. The van der Waals surface area contributed by atoms with Gasteiger partial charge in [0.15, 0.2) is 5.13 Å². The first kappa shape index (κ1) is 17.7. The third kappa shape index (κ3) is 3.57. The molecule has 1 aromatic heterocycles. The maximum absolute atomic E-state index is 13.0. The molecule has 2 aliphatic rings.